The molecule has 0 N–H and O–H groups in total. The summed E-state index contributed by atoms with van der Waals surface area (Å²) in [5, 5.41) is 0. The second-order valence-corrected chi connectivity index (χ2v) is 12.8. The van der Waals surface area contributed by atoms with Crippen LogP contribution in [0.15, 0.2) is 12.2 Å². The van der Waals surface area contributed by atoms with Crippen LogP contribution < -0.4 is 0 Å². The number of hydrogen-bond acceptors (Lipinski definition) is 2. The number of unbranched alkanes of at least 4 members (excludes halogenated alkanes) is 14. The average Bonchev–Trinajstić information content (AvgIpc) is 2.89. The van der Waals surface area contributed by atoms with Crippen LogP contribution in [0.3, 0.4) is 0 Å². The van der Waals surface area contributed by atoms with E-state index >= 15 is 0 Å². The Balaban J connectivity index is 3.94. The zero-order chi connectivity index (χ0) is 28.3. The van der Waals surface area contributed by atoms with Crippen LogP contribution in [-0.4, -0.2) is 12.6 Å². The van der Waals surface area contributed by atoms with Gasteiger partial charge in [0, 0.05) is 5.57 Å². The molecule has 0 heterocycles. The first kappa shape index (κ1) is 37.2. The van der Waals surface area contributed by atoms with Crippen molar-refractivity contribution >= 4 is 5.97 Å². The maximum absolute atomic E-state index is 11.9. The minimum atomic E-state index is -0.220. The van der Waals surface area contributed by atoms with E-state index in [9.17, 15) is 4.79 Å². The van der Waals surface area contributed by atoms with Gasteiger partial charge in [-0.25, -0.2) is 4.79 Å². The predicted molar refractivity (Wildman–Crippen MR) is 170 cm³/mol. The first-order valence-electron chi connectivity index (χ1n) is 17.2. The van der Waals surface area contributed by atoms with Gasteiger partial charge in [-0.1, -0.05) is 176 Å². The molecule has 0 aromatic carbocycles. The first-order chi connectivity index (χ1) is 18.4. The Morgan fingerprint density at radius 1 is 0.553 bits per heavy atom. The molecule has 2 heteroatoms. The van der Waals surface area contributed by atoms with E-state index in [1.807, 2.05) is 0 Å². The molecule has 0 aliphatic heterocycles. The molecule has 0 aliphatic carbocycles. The maximum atomic E-state index is 11.9. The zero-order valence-electron chi connectivity index (χ0n) is 26.9. The van der Waals surface area contributed by atoms with Crippen molar-refractivity contribution in [3.05, 3.63) is 12.2 Å². The minimum absolute atomic E-state index is 0.220. The molecule has 0 aromatic rings. The fourth-order valence-corrected chi connectivity index (χ4v) is 5.67. The average molecular weight is 535 g/mol. The Bertz CT molecular complexity index is 525. The second-order valence-electron chi connectivity index (χ2n) is 12.8. The summed E-state index contributed by atoms with van der Waals surface area (Å²) < 4.78 is 5.56. The SMILES string of the molecule is C=C(C)C(=O)OCC(CCCCCCCCCC(C)CCCCC)CCCCCCCC(C)CCCCC. The van der Waals surface area contributed by atoms with E-state index in [0.717, 1.165) is 11.8 Å². The summed E-state index contributed by atoms with van der Waals surface area (Å²) in [6, 6.07) is 0. The summed E-state index contributed by atoms with van der Waals surface area (Å²) >= 11 is 0. The molecule has 2 nitrogen and oxygen atoms in total. The smallest absolute Gasteiger partial charge is 0.333 e. The summed E-state index contributed by atoms with van der Waals surface area (Å²) in [6.07, 6.45) is 32.7. The summed E-state index contributed by atoms with van der Waals surface area (Å²) in [5.74, 6) is 2.12. The Kier molecular flexibility index (Phi) is 27.2. The number of rotatable bonds is 29. The molecule has 0 amide bonds. The van der Waals surface area contributed by atoms with E-state index in [0.29, 0.717) is 18.1 Å². The molecule has 0 saturated carbocycles. The van der Waals surface area contributed by atoms with E-state index in [4.69, 9.17) is 4.74 Å². The quantitative estimate of drug-likeness (QED) is 0.0541. The number of carbonyl (C=O) groups is 1. The van der Waals surface area contributed by atoms with Gasteiger partial charge in [-0.3, -0.25) is 0 Å². The molecular formula is C36H70O2. The highest BCUT2D eigenvalue weighted by atomic mass is 16.5. The summed E-state index contributed by atoms with van der Waals surface area (Å²) in [5.41, 5.74) is 0.517. The van der Waals surface area contributed by atoms with Gasteiger partial charge in [0.25, 0.3) is 0 Å². The van der Waals surface area contributed by atoms with Gasteiger partial charge >= 0.3 is 5.97 Å². The lowest BCUT2D eigenvalue weighted by Gasteiger charge is -2.17. The molecule has 38 heavy (non-hydrogen) atoms. The van der Waals surface area contributed by atoms with Crippen LogP contribution in [0.5, 0.6) is 0 Å². The fraction of sp³-hybridized carbons (Fsp3) is 0.917. The van der Waals surface area contributed by atoms with Gasteiger partial charge in [0.05, 0.1) is 6.61 Å². The van der Waals surface area contributed by atoms with Crippen LogP contribution in [0.4, 0.5) is 0 Å². The third-order valence-corrected chi connectivity index (χ3v) is 8.52. The van der Waals surface area contributed by atoms with E-state index in [-0.39, 0.29) is 5.97 Å². The van der Waals surface area contributed by atoms with Crippen molar-refractivity contribution in [2.45, 2.75) is 189 Å². The van der Waals surface area contributed by atoms with Crippen LogP contribution in [-0.2, 0) is 9.53 Å². The van der Waals surface area contributed by atoms with Gasteiger partial charge in [-0.2, -0.15) is 0 Å². The van der Waals surface area contributed by atoms with Crippen LogP contribution >= 0.6 is 0 Å². The topological polar surface area (TPSA) is 26.3 Å². The fourth-order valence-electron chi connectivity index (χ4n) is 5.67. The molecule has 3 atom stereocenters. The van der Waals surface area contributed by atoms with Gasteiger partial charge in [0.2, 0.25) is 0 Å². The van der Waals surface area contributed by atoms with Crippen molar-refractivity contribution in [3.8, 4) is 0 Å². The lowest BCUT2D eigenvalue weighted by Crippen LogP contribution is -2.15. The standard InChI is InChI=1S/C36H70O2/c1-7-9-19-25-33(5)27-21-15-12-11-13-17-23-29-35(31-38-36(37)32(3)4)30-24-18-14-16-22-28-34(6)26-20-10-8-2/h33-35H,3,7-31H2,1-2,4-6H3. The van der Waals surface area contributed by atoms with Crippen molar-refractivity contribution in [1.29, 1.82) is 0 Å². The molecule has 0 radical (unpaired) electrons. The molecule has 0 saturated heterocycles. The van der Waals surface area contributed by atoms with Crippen LogP contribution in [0.2, 0.25) is 0 Å². The molecule has 226 valence electrons. The Labute approximate surface area is 240 Å². The van der Waals surface area contributed by atoms with Crippen LogP contribution in [0.25, 0.3) is 0 Å². The summed E-state index contributed by atoms with van der Waals surface area (Å²) in [4.78, 5) is 11.9. The van der Waals surface area contributed by atoms with Crippen molar-refractivity contribution in [1.82, 2.24) is 0 Å². The predicted octanol–water partition coefficient (Wildman–Crippen LogP) is 12.4. The van der Waals surface area contributed by atoms with Crippen molar-refractivity contribution in [3.63, 3.8) is 0 Å². The first-order valence-corrected chi connectivity index (χ1v) is 17.2. The van der Waals surface area contributed by atoms with Gasteiger partial charge in [-0.05, 0) is 37.5 Å². The highest BCUT2D eigenvalue weighted by molar-refractivity contribution is 5.86. The van der Waals surface area contributed by atoms with Gasteiger partial charge in [-0.15, -0.1) is 0 Å². The highest BCUT2D eigenvalue weighted by Crippen LogP contribution is 2.22. The molecular weight excluding hydrogens is 464 g/mol. The number of ether oxygens (including phenoxy) is 1. The molecule has 0 aliphatic rings. The maximum Gasteiger partial charge on any atom is 0.333 e. The van der Waals surface area contributed by atoms with Gasteiger partial charge in [0.1, 0.15) is 0 Å². The van der Waals surface area contributed by atoms with Crippen molar-refractivity contribution < 1.29 is 9.53 Å². The zero-order valence-corrected chi connectivity index (χ0v) is 26.9. The van der Waals surface area contributed by atoms with E-state index in [1.165, 1.54) is 154 Å². The minimum Gasteiger partial charge on any atom is -0.462 e. The third kappa shape index (κ3) is 25.5. The molecule has 0 spiro atoms. The van der Waals surface area contributed by atoms with E-state index < -0.39 is 0 Å². The molecule has 0 bridgehead atoms. The van der Waals surface area contributed by atoms with Crippen molar-refractivity contribution in [2.75, 3.05) is 6.61 Å². The van der Waals surface area contributed by atoms with Crippen molar-refractivity contribution in [2.24, 2.45) is 17.8 Å². The van der Waals surface area contributed by atoms with E-state index in [2.05, 4.69) is 34.3 Å². The summed E-state index contributed by atoms with van der Waals surface area (Å²) in [6.45, 7) is 15.5. The monoisotopic (exact) mass is 535 g/mol. The van der Waals surface area contributed by atoms with Crippen LogP contribution in [0, 0.1) is 17.8 Å². The lowest BCUT2D eigenvalue weighted by molar-refractivity contribution is -0.140. The Morgan fingerprint density at radius 2 is 0.868 bits per heavy atom. The van der Waals surface area contributed by atoms with E-state index in [1.54, 1.807) is 6.92 Å². The third-order valence-electron chi connectivity index (χ3n) is 8.52. The number of esters is 1. The largest absolute Gasteiger partial charge is 0.462 e. The second kappa shape index (κ2) is 27.8. The normalized spacial score (nSPS) is 13.8. The Morgan fingerprint density at radius 3 is 1.21 bits per heavy atom. The van der Waals surface area contributed by atoms with Gasteiger partial charge in [0.15, 0.2) is 0 Å². The molecule has 0 rings (SSSR count). The molecule has 3 unspecified atom stereocenters. The summed E-state index contributed by atoms with van der Waals surface area (Å²) in [7, 11) is 0. The molecule has 0 fully saturated rings. The Hall–Kier alpha value is -0.790. The van der Waals surface area contributed by atoms with Crippen LogP contribution in [0.1, 0.15) is 189 Å². The molecule has 0 aromatic heterocycles. The highest BCUT2D eigenvalue weighted by Gasteiger charge is 2.13. The van der Waals surface area contributed by atoms with Gasteiger partial charge < -0.3 is 4.74 Å². The number of hydrogen-bond donors (Lipinski definition) is 0. The lowest BCUT2D eigenvalue weighted by atomic mass is 9.93. The number of carbonyl (C=O) groups excluding carboxylic acids is 1.